The van der Waals surface area contributed by atoms with Crippen LogP contribution in [-0.2, 0) is 16.6 Å². The van der Waals surface area contributed by atoms with E-state index < -0.39 is 0 Å². The van der Waals surface area contributed by atoms with Crippen molar-refractivity contribution in [3.8, 4) is 0 Å². The van der Waals surface area contributed by atoms with E-state index in [1.807, 2.05) is 0 Å². The van der Waals surface area contributed by atoms with Gasteiger partial charge < -0.3 is 4.74 Å². The van der Waals surface area contributed by atoms with Gasteiger partial charge in [0.15, 0.2) is 0 Å². The smallest absolute Gasteiger partial charge is 0.0678 e. The molecule has 0 N–H and O–H groups in total. The molecule has 1 saturated heterocycles. The molecule has 1 heterocycles. The summed E-state index contributed by atoms with van der Waals surface area (Å²) in [4.78, 5) is 2.57. The number of ether oxygens (including phenoxy) is 1. The Kier molecular flexibility index (Phi) is 6.27. The van der Waals surface area contributed by atoms with Crippen LogP contribution in [0.5, 0.6) is 0 Å². The van der Waals surface area contributed by atoms with E-state index in [9.17, 15) is 0 Å². The van der Waals surface area contributed by atoms with Crippen LogP contribution in [0.1, 0.15) is 59.1 Å². The van der Waals surface area contributed by atoms with Crippen molar-refractivity contribution in [2.24, 2.45) is 5.92 Å². The third-order valence-electron chi connectivity index (χ3n) is 5.27. The molecule has 0 aliphatic carbocycles. The molecule has 0 spiro atoms. The lowest BCUT2D eigenvalue weighted by molar-refractivity contribution is -0.0708. The second-order valence-electron chi connectivity index (χ2n) is 8.22. The van der Waals surface area contributed by atoms with Gasteiger partial charge in [-0.05, 0) is 49.1 Å². The highest BCUT2D eigenvalue weighted by atomic mass is 16.5. The summed E-state index contributed by atoms with van der Waals surface area (Å²) in [5.74, 6) is 0.678. The summed E-state index contributed by atoms with van der Waals surface area (Å²) in [7, 11) is 0. The molecule has 0 amide bonds. The first-order chi connectivity index (χ1) is 10.8. The first-order valence-electron chi connectivity index (χ1n) is 9.27. The van der Waals surface area contributed by atoms with Crippen molar-refractivity contribution in [1.29, 1.82) is 0 Å². The third-order valence-corrected chi connectivity index (χ3v) is 5.27. The Balaban J connectivity index is 1.89. The van der Waals surface area contributed by atoms with E-state index in [1.54, 1.807) is 0 Å². The van der Waals surface area contributed by atoms with Gasteiger partial charge in [-0.1, -0.05) is 52.0 Å². The topological polar surface area (TPSA) is 12.5 Å². The predicted molar refractivity (Wildman–Crippen MR) is 99.1 cm³/mol. The Bertz CT molecular complexity index is 469. The predicted octanol–water partition coefficient (Wildman–Crippen LogP) is 4.66. The van der Waals surface area contributed by atoms with E-state index in [4.69, 9.17) is 4.74 Å². The summed E-state index contributed by atoms with van der Waals surface area (Å²) in [6.07, 6.45) is 3.06. The van der Waals surface area contributed by atoms with E-state index in [0.29, 0.717) is 18.1 Å². The fraction of sp³-hybridized carbons (Fsp3) is 0.714. The van der Waals surface area contributed by atoms with Crippen molar-refractivity contribution in [1.82, 2.24) is 4.90 Å². The minimum absolute atomic E-state index is 0.282. The number of hydrogen-bond acceptors (Lipinski definition) is 2. The fourth-order valence-electron chi connectivity index (χ4n) is 3.64. The Hall–Kier alpha value is -0.860. The van der Waals surface area contributed by atoms with Crippen LogP contribution in [-0.4, -0.2) is 36.7 Å². The van der Waals surface area contributed by atoms with Crippen LogP contribution in [0.15, 0.2) is 24.3 Å². The first-order valence-corrected chi connectivity index (χ1v) is 9.27. The highest BCUT2D eigenvalue weighted by Crippen LogP contribution is 2.27. The third kappa shape index (κ3) is 5.32. The Labute approximate surface area is 143 Å². The number of rotatable bonds is 6. The van der Waals surface area contributed by atoms with Crippen molar-refractivity contribution in [3.63, 3.8) is 0 Å². The minimum atomic E-state index is 0.282. The maximum absolute atomic E-state index is 5.83. The van der Waals surface area contributed by atoms with Crippen molar-refractivity contribution < 1.29 is 4.74 Å². The van der Waals surface area contributed by atoms with Crippen LogP contribution in [0, 0.1) is 5.92 Å². The molecule has 2 heteroatoms. The second kappa shape index (κ2) is 7.81. The van der Waals surface area contributed by atoms with Gasteiger partial charge in [0.25, 0.3) is 0 Å². The van der Waals surface area contributed by atoms with Gasteiger partial charge in [0.2, 0.25) is 0 Å². The standard InChI is InChI=1S/C21H35NO/c1-7-21(5,6)20-10-8-19(9-11-20)12-16(2)13-22-14-17(3)23-18(4)15-22/h8-11,16-18H,7,12-15H2,1-6H3/t16-,17-,18+/m1/s1. The normalized spacial score (nSPS) is 24.6. The quantitative estimate of drug-likeness (QED) is 0.756. The molecular formula is C21H35NO. The van der Waals surface area contributed by atoms with Gasteiger partial charge in [-0.25, -0.2) is 0 Å². The molecule has 2 rings (SSSR count). The van der Waals surface area contributed by atoms with Crippen molar-refractivity contribution in [2.45, 2.75) is 72.0 Å². The summed E-state index contributed by atoms with van der Waals surface area (Å²) in [6.45, 7) is 17.0. The zero-order chi connectivity index (χ0) is 17.0. The van der Waals surface area contributed by atoms with Crippen LogP contribution in [0.25, 0.3) is 0 Å². The monoisotopic (exact) mass is 317 g/mol. The molecule has 2 nitrogen and oxygen atoms in total. The lowest BCUT2D eigenvalue weighted by Crippen LogP contribution is -2.47. The largest absolute Gasteiger partial charge is 0.373 e. The molecule has 0 bridgehead atoms. The molecule has 1 fully saturated rings. The number of nitrogens with zero attached hydrogens (tertiary/aromatic N) is 1. The van der Waals surface area contributed by atoms with E-state index in [1.165, 1.54) is 24.1 Å². The van der Waals surface area contributed by atoms with E-state index in [-0.39, 0.29) is 5.41 Å². The molecule has 0 unspecified atom stereocenters. The van der Waals surface area contributed by atoms with Gasteiger partial charge >= 0.3 is 0 Å². The SMILES string of the molecule is CCC(C)(C)c1ccc(C[C@@H](C)CN2C[C@@H](C)O[C@@H](C)C2)cc1. The zero-order valence-electron chi connectivity index (χ0n) is 15.9. The van der Waals surface area contributed by atoms with Crippen molar-refractivity contribution in [2.75, 3.05) is 19.6 Å². The highest BCUT2D eigenvalue weighted by Gasteiger charge is 2.23. The van der Waals surface area contributed by atoms with Crippen molar-refractivity contribution in [3.05, 3.63) is 35.4 Å². The van der Waals surface area contributed by atoms with E-state index >= 15 is 0 Å². The first kappa shape index (κ1) is 18.5. The summed E-state index contributed by atoms with van der Waals surface area (Å²) in [5.41, 5.74) is 3.19. The Morgan fingerprint density at radius 1 is 1.13 bits per heavy atom. The van der Waals surface area contributed by atoms with Crippen LogP contribution in [0.2, 0.25) is 0 Å². The summed E-state index contributed by atoms with van der Waals surface area (Å²) in [6, 6.07) is 9.30. The average Bonchev–Trinajstić information content (AvgIpc) is 2.46. The molecule has 0 saturated carbocycles. The Morgan fingerprint density at radius 3 is 2.22 bits per heavy atom. The molecule has 1 aliphatic rings. The Morgan fingerprint density at radius 2 is 1.70 bits per heavy atom. The summed E-state index contributed by atoms with van der Waals surface area (Å²) in [5, 5.41) is 0. The molecule has 130 valence electrons. The van der Waals surface area contributed by atoms with Gasteiger partial charge in [-0.15, -0.1) is 0 Å². The highest BCUT2D eigenvalue weighted by molar-refractivity contribution is 5.28. The van der Waals surface area contributed by atoms with Crippen LogP contribution < -0.4 is 0 Å². The van der Waals surface area contributed by atoms with E-state index in [0.717, 1.165) is 19.5 Å². The van der Waals surface area contributed by atoms with Gasteiger partial charge in [0.05, 0.1) is 12.2 Å². The molecule has 1 aliphatic heterocycles. The van der Waals surface area contributed by atoms with Gasteiger partial charge in [0.1, 0.15) is 0 Å². The number of hydrogen-bond donors (Lipinski definition) is 0. The van der Waals surface area contributed by atoms with Crippen LogP contribution >= 0.6 is 0 Å². The molecule has 1 aromatic carbocycles. The number of benzene rings is 1. The second-order valence-corrected chi connectivity index (χ2v) is 8.22. The number of morpholine rings is 1. The van der Waals surface area contributed by atoms with E-state index in [2.05, 4.69) is 70.7 Å². The van der Waals surface area contributed by atoms with Crippen molar-refractivity contribution >= 4 is 0 Å². The molecule has 23 heavy (non-hydrogen) atoms. The van der Waals surface area contributed by atoms with Crippen LogP contribution in [0.3, 0.4) is 0 Å². The molecular weight excluding hydrogens is 282 g/mol. The molecule has 0 radical (unpaired) electrons. The lowest BCUT2D eigenvalue weighted by atomic mass is 9.82. The van der Waals surface area contributed by atoms with Gasteiger partial charge in [-0.3, -0.25) is 4.90 Å². The molecule has 0 aromatic heterocycles. The summed E-state index contributed by atoms with van der Waals surface area (Å²) >= 11 is 0. The summed E-state index contributed by atoms with van der Waals surface area (Å²) < 4.78 is 5.83. The maximum Gasteiger partial charge on any atom is 0.0678 e. The zero-order valence-corrected chi connectivity index (χ0v) is 15.9. The average molecular weight is 318 g/mol. The molecule has 1 aromatic rings. The maximum atomic E-state index is 5.83. The lowest BCUT2D eigenvalue weighted by Gasteiger charge is -2.36. The van der Waals surface area contributed by atoms with Crippen LogP contribution in [0.4, 0.5) is 0 Å². The molecule has 3 atom stereocenters. The minimum Gasteiger partial charge on any atom is -0.373 e. The van der Waals surface area contributed by atoms with Gasteiger partial charge in [-0.2, -0.15) is 0 Å². The van der Waals surface area contributed by atoms with Gasteiger partial charge in [0, 0.05) is 19.6 Å². The fourth-order valence-corrected chi connectivity index (χ4v) is 3.64.